The molecule has 1 aromatic rings. The smallest absolute Gasteiger partial charge is 0.238 e. The van der Waals surface area contributed by atoms with Crippen LogP contribution < -0.4 is 10.6 Å². The number of rotatable bonds is 5. The van der Waals surface area contributed by atoms with Crippen LogP contribution in [0.5, 0.6) is 0 Å². The molecule has 0 fully saturated rings. The molecule has 88 valence electrons. The molecule has 0 saturated heterocycles. The number of benzene rings is 1. The van der Waals surface area contributed by atoms with E-state index in [0.717, 1.165) is 0 Å². The number of carbonyl (C=O) groups excluding carboxylic acids is 1. The second-order valence-corrected chi connectivity index (χ2v) is 3.98. The van der Waals surface area contributed by atoms with E-state index in [4.69, 9.17) is 28.3 Å². The lowest BCUT2D eigenvalue weighted by molar-refractivity contribution is -0.115. The van der Waals surface area contributed by atoms with Gasteiger partial charge >= 0.3 is 0 Å². The standard InChI is InChI=1S/C10H12Cl2N2O2/c11-7-3-8(12)5-9(4-7)14-10(16)6-13-1-2-15/h3-5,13,15H,1-2,6H2,(H,14,16). The van der Waals surface area contributed by atoms with Gasteiger partial charge in [-0.25, -0.2) is 0 Å². The van der Waals surface area contributed by atoms with E-state index in [0.29, 0.717) is 22.3 Å². The first-order valence-electron chi connectivity index (χ1n) is 4.69. The molecule has 16 heavy (non-hydrogen) atoms. The lowest BCUT2D eigenvalue weighted by Crippen LogP contribution is -2.29. The first-order valence-corrected chi connectivity index (χ1v) is 5.45. The van der Waals surface area contributed by atoms with Gasteiger partial charge in [0.25, 0.3) is 0 Å². The van der Waals surface area contributed by atoms with Gasteiger partial charge in [-0.3, -0.25) is 4.79 Å². The maximum Gasteiger partial charge on any atom is 0.238 e. The van der Waals surface area contributed by atoms with Crippen molar-refractivity contribution in [3.05, 3.63) is 28.2 Å². The maximum atomic E-state index is 11.4. The first kappa shape index (κ1) is 13.3. The van der Waals surface area contributed by atoms with Crippen molar-refractivity contribution in [3.8, 4) is 0 Å². The average Bonchev–Trinajstić information content (AvgIpc) is 2.16. The molecule has 0 aliphatic carbocycles. The lowest BCUT2D eigenvalue weighted by atomic mass is 10.3. The zero-order chi connectivity index (χ0) is 12.0. The monoisotopic (exact) mass is 262 g/mol. The average molecular weight is 263 g/mol. The van der Waals surface area contributed by atoms with Crippen LogP contribution in [0.25, 0.3) is 0 Å². The Balaban J connectivity index is 2.49. The molecule has 0 aliphatic rings. The largest absolute Gasteiger partial charge is 0.395 e. The van der Waals surface area contributed by atoms with Crippen molar-refractivity contribution >= 4 is 34.8 Å². The Morgan fingerprint density at radius 2 is 1.88 bits per heavy atom. The number of anilines is 1. The number of aliphatic hydroxyl groups is 1. The fourth-order valence-corrected chi connectivity index (χ4v) is 1.64. The first-order chi connectivity index (χ1) is 7.61. The predicted octanol–water partition coefficient (Wildman–Crippen LogP) is 1.51. The van der Waals surface area contributed by atoms with Crippen LogP contribution in [0, 0.1) is 0 Å². The molecule has 0 aromatic heterocycles. The Morgan fingerprint density at radius 3 is 2.44 bits per heavy atom. The second-order valence-electron chi connectivity index (χ2n) is 3.11. The summed E-state index contributed by atoms with van der Waals surface area (Å²) >= 11 is 11.6. The molecule has 4 nitrogen and oxygen atoms in total. The van der Waals surface area contributed by atoms with Crippen LogP contribution >= 0.6 is 23.2 Å². The molecule has 0 saturated carbocycles. The molecule has 1 aromatic carbocycles. The summed E-state index contributed by atoms with van der Waals surface area (Å²) in [6, 6.07) is 4.80. The van der Waals surface area contributed by atoms with E-state index in [9.17, 15) is 4.79 Å². The van der Waals surface area contributed by atoms with Gasteiger partial charge in [-0.05, 0) is 18.2 Å². The molecular formula is C10H12Cl2N2O2. The maximum absolute atomic E-state index is 11.4. The molecule has 0 atom stereocenters. The van der Waals surface area contributed by atoms with Crippen LogP contribution in [0.2, 0.25) is 10.0 Å². The Hall–Kier alpha value is -0.810. The Labute approximate surface area is 104 Å². The van der Waals surface area contributed by atoms with E-state index in [1.807, 2.05) is 0 Å². The van der Waals surface area contributed by atoms with Crippen molar-refractivity contribution in [2.24, 2.45) is 0 Å². The number of amides is 1. The lowest BCUT2D eigenvalue weighted by Gasteiger charge is -2.06. The predicted molar refractivity (Wildman–Crippen MR) is 65.0 cm³/mol. The Kier molecular flexibility index (Phi) is 5.55. The van der Waals surface area contributed by atoms with Crippen LogP contribution in [0.3, 0.4) is 0 Å². The van der Waals surface area contributed by atoms with Crippen molar-refractivity contribution in [2.75, 3.05) is 25.0 Å². The van der Waals surface area contributed by atoms with Gasteiger partial charge in [-0.1, -0.05) is 23.2 Å². The number of nitrogens with one attached hydrogen (secondary N) is 2. The highest BCUT2D eigenvalue weighted by Gasteiger charge is 2.03. The fraction of sp³-hybridized carbons (Fsp3) is 0.300. The van der Waals surface area contributed by atoms with Crippen molar-refractivity contribution < 1.29 is 9.90 Å². The molecule has 0 radical (unpaired) electrons. The van der Waals surface area contributed by atoms with E-state index >= 15 is 0 Å². The number of hydrogen-bond donors (Lipinski definition) is 3. The molecule has 1 rings (SSSR count). The summed E-state index contributed by atoms with van der Waals surface area (Å²) in [4.78, 5) is 11.4. The molecule has 0 aliphatic heterocycles. The Bertz CT molecular complexity index is 352. The van der Waals surface area contributed by atoms with Crippen molar-refractivity contribution in [1.82, 2.24) is 5.32 Å². The van der Waals surface area contributed by atoms with E-state index in [1.165, 1.54) is 0 Å². The summed E-state index contributed by atoms with van der Waals surface area (Å²) in [5.74, 6) is -0.216. The molecule has 1 amide bonds. The highest BCUT2D eigenvalue weighted by molar-refractivity contribution is 6.35. The van der Waals surface area contributed by atoms with Gasteiger partial charge in [0, 0.05) is 22.3 Å². The molecule has 0 spiro atoms. The van der Waals surface area contributed by atoms with E-state index in [2.05, 4.69) is 10.6 Å². The van der Waals surface area contributed by atoms with Crippen LogP contribution in [-0.4, -0.2) is 30.7 Å². The molecule has 0 heterocycles. The third kappa shape index (κ3) is 4.81. The minimum atomic E-state index is -0.216. The highest BCUT2D eigenvalue weighted by atomic mass is 35.5. The fourth-order valence-electron chi connectivity index (χ4n) is 1.11. The van der Waals surface area contributed by atoms with Crippen LogP contribution in [0.15, 0.2) is 18.2 Å². The summed E-state index contributed by atoms with van der Waals surface area (Å²) in [5, 5.41) is 14.8. The molecule has 6 heteroatoms. The van der Waals surface area contributed by atoms with Crippen LogP contribution in [-0.2, 0) is 4.79 Å². The SMILES string of the molecule is O=C(CNCCO)Nc1cc(Cl)cc(Cl)c1. The van der Waals surface area contributed by atoms with Gasteiger partial charge in [-0.2, -0.15) is 0 Å². The number of hydrogen-bond acceptors (Lipinski definition) is 3. The van der Waals surface area contributed by atoms with E-state index in [1.54, 1.807) is 18.2 Å². The van der Waals surface area contributed by atoms with Gasteiger partial charge in [0.2, 0.25) is 5.91 Å². The van der Waals surface area contributed by atoms with Crippen molar-refractivity contribution in [1.29, 1.82) is 0 Å². The summed E-state index contributed by atoms with van der Waals surface area (Å²) in [5.41, 5.74) is 0.549. The topological polar surface area (TPSA) is 61.4 Å². The normalized spacial score (nSPS) is 10.2. The number of aliphatic hydroxyl groups excluding tert-OH is 1. The van der Waals surface area contributed by atoms with Crippen LogP contribution in [0.4, 0.5) is 5.69 Å². The third-order valence-corrected chi connectivity index (χ3v) is 2.16. The van der Waals surface area contributed by atoms with Gasteiger partial charge < -0.3 is 15.7 Å². The van der Waals surface area contributed by atoms with Gasteiger partial charge in [0.05, 0.1) is 13.2 Å². The minimum Gasteiger partial charge on any atom is -0.395 e. The van der Waals surface area contributed by atoms with Crippen molar-refractivity contribution in [3.63, 3.8) is 0 Å². The van der Waals surface area contributed by atoms with E-state index < -0.39 is 0 Å². The molecule has 0 unspecified atom stereocenters. The Morgan fingerprint density at radius 1 is 1.25 bits per heavy atom. The zero-order valence-corrected chi connectivity index (χ0v) is 9.98. The number of carbonyl (C=O) groups is 1. The van der Waals surface area contributed by atoms with Crippen LogP contribution in [0.1, 0.15) is 0 Å². The zero-order valence-electron chi connectivity index (χ0n) is 8.46. The summed E-state index contributed by atoms with van der Waals surface area (Å²) in [7, 11) is 0. The highest BCUT2D eigenvalue weighted by Crippen LogP contribution is 2.22. The van der Waals surface area contributed by atoms with Crippen molar-refractivity contribution in [2.45, 2.75) is 0 Å². The van der Waals surface area contributed by atoms with Gasteiger partial charge in [0.15, 0.2) is 0 Å². The summed E-state index contributed by atoms with van der Waals surface area (Å²) in [6.07, 6.45) is 0. The minimum absolute atomic E-state index is 0.00370. The summed E-state index contributed by atoms with van der Waals surface area (Å²) < 4.78 is 0. The number of halogens is 2. The third-order valence-electron chi connectivity index (χ3n) is 1.72. The second kappa shape index (κ2) is 6.70. The van der Waals surface area contributed by atoms with Gasteiger partial charge in [-0.15, -0.1) is 0 Å². The van der Waals surface area contributed by atoms with Gasteiger partial charge in [0.1, 0.15) is 0 Å². The molecule has 0 bridgehead atoms. The quantitative estimate of drug-likeness (QED) is 0.706. The molecule has 3 N–H and O–H groups in total. The summed E-state index contributed by atoms with van der Waals surface area (Å²) in [6.45, 7) is 0.505. The van der Waals surface area contributed by atoms with E-state index in [-0.39, 0.29) is 19.1 Å². The molecular weight excluding hydrogens is 251 g/mol.